The lowest BCUT2D eigenvalue weighted by Crippen LogP contribution is -2.18. The van der Waals surface area contributed by atoms with E-state index in [-0.39, 0.29) is 5.43 Å². The van der Waals surface area contributed by atoms with E-state index in [0.29, 0.717) is 5.39 Å². The molecule has 0 aliphatic heterocycles. The third-order valence-electron chi connectivity index (χ3n) is 4.27. The Hall–Kier alpha value is -3.05. The standard InChI is InChI=1S/C22H25N3O2/c1-27-18-11-9-17(10-12-18)6-4-13-23-14-5-15-24-22-16-21(26)19-7-2-3-8-20(19)25-22/h2-4,6-12,16,23H,5,13-15H2,1H3,(H2,24,25,26). The second kappa shape index (κ2) is 9.59. The summed E-state index contributed by atoms with van der Waals surface area (Å²) in [6, 6.07) is 17.1. The Morgan fingerprint density at radius 3 is 2.70 bits per heavy atom. The molecule has 0 unspecified atom stereocenters. The summed E-state index contributed by atoms with van der Waals surface area (Å²) >= 11 is 0. The van der Waals surface area contributed by atoms with E-state index in [1.54, 1.807) is 13.2 Å². The van der Waals surface area contributed by atoms with Crippen LogP contribution >= 0.6 is 0 Å². The van der Waals surface area contributed by atoms with Gasteiger partial charge in [-0.25, -0.2) is 0 Å². The molecule has 0 amide bonds. The Morgan fingerprint density at radius 2 is 1.89 bits per heavy atom. The van der Waals surface area contributed by atoms with Gasteiger partial charge in [0.25, 0.3) is 0 Å². The molecule has 3 aromatic rings. The van der Waals surface area contributed by atoms with Crippen LogP contribution in [-0.2, 0) is 0 Å². The Kier molecular flexibility index (Phi) is 6.66. The minimum Gasteiger partial charge on any atom is -0.497 e. The Balaban J connectivity index is 1.36. The molecule has 5 heteroatoms. The van der Waals surface area contributed by atoms with Crippen LogP contribution in [0.25, 0.3) is 17.0 Å². The van der Waals surface area contributed by atoms with Crippen molar-refractivity contribution in [2.75, 3.05) is 32.1 Å². The number of hydrogen-bond donors (Lipinski definition) is 3. The van der Waals surface area contributed by atoms with E-state index in [1.165, 1.54) is 0 Å². The fourth-order valence-corrected chi connectivity index (χ4v) is 2.82. The molecule has 0 bridgehead atoms. The predicted molar refractivity (Wildman–Crippen MR) is 113 cm³/mol. The number of rotatable bonds is 9. The van der Waals surface area contributed by atoms with Crippen molar-refractivity contribution < 1.29 is 4.74 Å². The summed E-state index contributed by atoms with van der Waals surface area (Å²) in [6.07, 6.45) is 5.16. The summed E-state index contributed by atoms with van der Waals surface area (Å²) in [7, 11) is 1.67. The largest absolute Gasteiger partial charge is 0.497 e. The highest BCUT2D eigenvalue weighted by atomic mass is 16.5. The Bertz CT molecular complexity index is 946. The fraction of sp³-hybridized carbons (Fsp3) is 0.227. The van der Waals surface area contributed by atoms with Gasteiger partial charge in [-0.15, -0.1) is 0 Å². The molecular formula is C22H25N3O2. The number of fused-ring (bicyclic) bond motifs is 1. The number of H-pyrrole nitrogens is 1. The Morgan fingerprint density at radius 1 is 1.07 bits per heavy atom. The zero-order valence-electron chi connectivity index (χ0n) is 15.5. The van der Waals surface area contributed by atoms with Gasteiger partial charge in [0.05, 0.1) is 12.6 Å². The van der Waals surface area contributed by atoms with Crippen LogP contribution in [-0.4, -0.2) is 31.7 Å². The van der Waals surface area contributed by atoms with Crippen molar-refractivity contribution in [1.82, 2.24) is 10.3 Å². The molecule has 0 spiro atoms. The number of methoxy groups -OCH3 is 1. The molecule has 0 fully saturated rings. The molecule has 140 valence electrons. The van der Waals surface area contributed by atoms with Gasteiger partial charge in [-0.05, 0) is 42.8 Å². The van der Waals surface area contributed by atoms with Crippen LogP contribution in [0.15, 0.2) is 65.5 Å². The monoisotopic (exact) mass is 363 g/mol. The molecule has 0 aliphatic rings. The number of nitrogens with one attached hydrogen (secondary N) is 3. The van der Waals surface area contributed by atoms with E-state index in [2.05, 4.69) is 27.8 Å². The summed E-state index contributed by atoms with van der Waals surface area (Å²) in [5.74, 6) is 1.63. The molecule has 0 atom stereocenters. The van der Waals surface area contributed by atoms with Crippen LogP contribution in [0.5, 0.6) is 5.75 Å². The summed E-state index contributed by atoms with van der Waals surface area (Å²) in [5.41, 5.74) is 2.04. The average molecular weight is 363 g/mol. The molecule has 2 aromatic carbocycles. The van der Waals surface area contributed by atoms with Gasteiger partial charge >= 0.3 is 0 Å². The average Bonchev–Trinajstić information content (AvgIpc) is 2.70. The van der Waals surface area contributed by atoms with Gasteiger partial charge in [0.2, 0.25) is 0 Å². The first-order valence-electron chi connectivity index (χ1n) is 9.13. The molecule has 5 nitrogen and oxygen atoms in total. The second-order valence-electron chi connectivity index (χ2n) is 6.25. The van der Waals surface area contributed by atoms with Crippen LogP contribution in [0.2, 0.25) is 0 Å². The number of aromatic nitrogens is 1. The van der Waals surface area contributed by atoms with Crippen molar-refractivity contribution in [3.63, 3.8) is 0 Å². The first-order chi connectivity index (χ1) is 13.3. The highest BCUT2D eigenvalue weighted by Crippen LogP contribution is 2.12. The number of hydrogen-bond acceptors (Lipinski definition) is 4. The predicted octanol–water partition coefficient (Wildman–Crippen LogP) is 3.64. The molecule has 0 radical (unpaired) electrons. The van der Waals surface area contributed by atoms with Gasteiger partial charge in [0, 0.05) is 24.5 Å². The second-order valence-corrected chi connectivity index (χ2v) is 6.25. The summed E-state index contributed by atoms with van der Waals surface area (Å²) < 4.78 is 5.15. The van der Waals surface area contributed by atoms with Gasteiger partial charge in [-0.2, -0.15) is 0 Å². The van der Waals surface area contributed by atoms with Gasteiger partial charge < -0.3 is 20.4 Å². The van der Waals surface area contributed by atoms with Gasteiger partial charge in [0.15, 0.2) is 5.43 Å². The van der Waals surface area contributed by atoms with Crippen molar-refractivity contribution in [3.05, 3.63) is 76.5 Å². The molecule has 27 heavy (non-hydrogen) atoms. The lowest BCUT2D eigenvalue weighted by Gasteiger charge is -2.08. The normalized spacial score (nSPS) is 11.1. The van der Waals surface area contributed by atoms with Crippen molar-refractivity contribution in [1.29, 1.82) is 0 Å². The fourth-order valence-electron chi connectivity index (χ4n) is 2.82. The van der Waals surface area contributed by atoms with Crippen molar-refractivity contribution >= 4 is 22.8 Å². The zero-order chi connectivity index (χ0) is 18.9. The van der Waals surface area contributed by atoms with Crippen molar-refractivity contribution in [2.24, 2.45) is 0 Å². The highest BCUT2D eigenvalue weighted by molar-refractivity contribution is 5.79. The molecular weight excluding hydrogens is 338 g/mol. The van der Waals surface area contributed by atoms with E-state index in [0.717, 1.165) is 48.7 Å². The molecule has 1 aromatic heterocycles. The lowest BCUT2D eigenvalue weighted by atomic mass is 10.2. The summed E-state index contributed by atoms with van der Waals surface area (Å²) in [5, 5.41) is 7.38. The van der Waals surface area contributed by atoms with E-state index in [9.17, 15) is 4.79 Å². The topological polar surface area (TPSA) is 66.2 Å². The first kappa shape index (κ1) is 18.7. The van der Waals surface area contributed by atoms with E-state index in [4.69, 9.17) is 4.74 Å². The summed E-state index contributed by atoms with van der Waals surface area (Å²) in [6.45, 7) is 2.51. The molecule has 3 rings (SSSR count). The number of aromatic amines is 1. The quantitative estimate of drug-likeness (QED) is 0.508. The summed E-state index contributed by atoms with van der Waals surface area (Å²) in [4.78, 5) is 15.3. The van der Waals surface area contributed by atoms with Gasteiger partial charge in [-0.1, -0.05) is 36.4 Å². The number of benzene rings is 2. The first-order valence-corrected chi connectivity index (χ1v) is 9.13. The molecule has 0 saturated carbocycles. The highest BCUT2D eigenvalue weighted by Gasteiger charge is 2.00. The third kappa shape index (κ3) is 5.46. The minimum atomic E-state index is 0.0358. The maximum atomic E-state index is 12.1. The van der Waals surface area contributed by atoms with E-state index < -0.39 is 0 Å². The third-order valence-corrected chi connectivity index (χ3v) is 4.27. The molecule has 0 aliphatic carbocycles. The van der Waals surface area contributed by atoms with Gasteiger partial charge in [0.1, 0.15) is 11.6 Å². The van der Waals surface area contributed by atoms with Crippen LogP contribution in [0.3, 0.4) is 0 Å². The number of para-hydroxylation sites is 1. The van der Waals surface area contributed by atoms with Crippen molar-refractivity contribution in [3.8, 4) is 5.75 Å². The minimum absolute atomic E-state index is 0.0358. The lowest BCUT2D eigenvalue weighted by molar-refractivity contribution is 0.415. The van der Waals surface area contributed by atoms with Crippen LogP contribution < -0.4 is 20.8 Å². The molecule has 1 heterocycles. The maximum absolute atomic E-state index is 12.1. The van der Waals surface area contributed by atoms with Crippen LogP contribution in [0, 0.1) is 0 Å². The van der Waals surface area contributed by atoms with E-state index in [1.807, 2.05) is 48.5 Å². The number of anilines is 1. The molecule has 0 saturated heterocycles. The number of pyridine rings is 1. The Labute approximate surface area is 159 Å². The molecule has 3 N–H and O–H groups in total. The van der Waals surface area contributed by atoms with Gasteiger partial charge in [-0.3, -0.25) is 4.79 Å². The maximum Gasteiger partial charge on any atom is 0.191 e. The van der Waals surface area contributed by atoms with Crippen LogP contribution in [0.1, 0.15) is 12.0 Å². The SMILES string of the molecule is COc1ccc(C=CCNCCCNc2cc(=O)c3ccccc3[nH]2)cc1. The van der Waals surface area contributed by atoms with Crippen molar-refractivity contribution in [2.45, 2.75) is 6.42 Å². The zero-order valence-corrected chi connectivity index (χ0v) is 15.5. The smallest absolute Gasteiger partial charge is 0.191 e. The van der Waals surface area contributed by atoms with E-state index >= 15 is 0 Å². The van der Waals surface area contributed by atoms with Crippen LogP contribution in [0.4, 0.5) is 5.82 Å². The number of ether oxygens (including phenoxy) is 1.